The summed E-state index contributed by atoms with van der Waals surface area (Å²) in [5.74, 6) is 0. The third-order valence-corrected chi connectivity index (χ3v) is 5.86. The zero-order valence-electron chi connectivity index (χ0n) is 16.5. The first-order valence-electron chi connectivity index (χ1n) is 9.98. The summed E-state index contributed by atoms with van der Waals surface area (Å²) < 4.78 is 12.1. The Balaban J connectivity index is 1.46. The fraction of sp³-hybridized carbons (Fsp3) is 0.111. The van der Waals surface area contributed by atoms with E-state index in [1.807, 2.05) is 0 Å². The molecule has 0 saturated carbocycles. The van der Waals surface area contributed by atoms with Crippen molar-refractivity contribution in [2.45, 2.75) is 20.3 Å². The van der Waals surface area contributed by atoms with Crippen LogP contribution in [0.2, 0.25) is 0 Å². The Kier molecular flexibility index (Phi) is 3.39. The maximum atomic E-state index is 6.08. The number of hydrogen-bond acceptors (Lipinski definition) is 2. The van der Waals surface area contributed by atoms with Crippen molar-refractivity contribution < 1.29 is 8.83 Å². The molecule has 0 N–H and O–H groups in total. The number of furan rings is 2. The minimum atomic E-state index is 0.878. The van der Waals surface area contributed by atoms with Gasteiger partial charge in [0.05, 0.1) is 0 Å². The molecule has 29 heavy (non-hydrogen) atoms. The SMILES string of the molecule is Cc1ccc2oc3ccc(Cc4ccc5oc6c(C)cccc6c5c4)cc3c2c1. The van der Waals surface area contributed by atoms with E-state index in [1.165, 1.54) is 43.8 Å². The molecule has 0 spiro atoms. The number of rotatable bonds is 2. The van der Waals surface area contributed by atoms with Gasteiger partial charge in [0.1, 0.15) is 22.3 Å². The molecule has 2 nitrogen and oxygen atoms in total. The van der Waals surface area contributed by atoms with Gasteiger partial charge in [0.25, 0.3) is 0 Å². The van der Waals surface area contributed by atoms with Crippen molar-refractivity contribution >= 4 is 43.9 Å². The first-order valence-corrected chi connectivity index (χ1v) is 9.98. The van der Waals surface area contributed by atoms with Gasteiger partial charge >= 0.3 is 0 Å². The maximum Gasteiger partial charge on any atom is 0.138 e. The molecular formula is C27H20O2. The van der Waals surface area contributed by atoms with E-state index in [9.17, 15) is 0 Å². The van der Waals surface area contributed by atoms with Crippen LogP contribution in [0.1, 0.15) is 22.3 Å². The Hall–Kier alpha value is -3.52. The molecule has 2 heterocycles. The van der Waals surface area contributed by atoms with Gasteiger partial charge in [-0.05, 0) is 73.4 Å². The van der Waals surface area contributed by atoms with E-state index in [4.69, 9.17) is 8.83 Å². The fourth-order valence-corrected chi connectivity index (χ4v) is 4.38. The highest BCUT2D eigenvalue weighted by Crippen LogP contribution is 2.33. The van der Waals surface area contributed by atoms with Crippen molar-refractivity contribution in [3.8, 4) is 0 Å². The Bertz CT molecular complexity index is 1530. The molecule has 140 valence electrons. The highest BCUT2D eigenvalue weighted by atomic mass is 16.3. The van der Waals surface area contributed by atoms with Gasteiger partial charge in [0.2, 0.25) is 0 Å². The van der Waals surface area contributed by atoms with E-state index < -0.39 is 0 Å². The third-order valence-electron chi connectivity index (χ3n) is 5.86. The summed E-state index contributed by atoms with van der Waals surface area (Å²) in [6.07, 6.45) is 0.878. The first-order chi connectivity index (χ1) is 14.2. The van der Waals surface area contributed by atoms with Gasteiger partial charge in [-0.1, -0.05) is 42.0 Å². The van der Waals surface area contributed by atoms with Crippen LogP contribution in [0, 0.1) is 13.8 Å². The number of aryl methyl sites for hydroxylation is 2. The topological polar surface area (TPSA) is 26.3 Å². The zero-order chi connectivity index (χ0) is 19.5. The standard InChI is InChI=1S/C27H20O2/c1-16-6-9-24-21(12-16)23-15-19(7-10-25(23)28-24)13-18-8-11-26-22(14-18)20-5-3-4-17(2)27(20)29-26/h3-12,14-15H,13H2,1-2H3. The molecule has 0 amide bonds. The lowest BCUT2D eigenvalue weighted by Gasteiger charge is -2.03. The molecule has 0 unspecified atom stereocenters. The van der Waals surface area contributed by atoms with Gasteiger partial charge in [0.15, 0.2) is 0 Å². The lowest BCUT2D eigenvalue weighted by atomic mass is 10.0. The zero-order valence-corrected chi connectivity index (χ0v) is 16.5. The monoisotopic (exact) mass is 376 g/mol. The number of hydrogen-bond donors (Lipinski definition) is 0. The van der Waals surface area contributed by atoms with Crippen molar-refractivity contribution in [2.24, 2.45) is 0 Å². The van der Waals surface area contributed by atoms with E-state index in [1.54, 1.807) is 0 Å². The second kappa shape index (κ2) is 5.99. The Morgan fingerprint density at radius 3 is 1.97 bits per heavy atom. The Morgan fingerprint density at radius 1 is 0.586 bits per heavy atom. The average Bonchev–Trinajstić information content (AvgIpc) is 3.27. The minimum absolute atomic E-state index is 0.878. The molecule has 4 aromatic carbocycles. The molecule has 0 aliphatic heterocycles. The van der Waals surface area contributed by atoms with E-state index in [0.717, 1.165) is 28.8 Å². The largest absolute Gasteiger partial charge is 0.456 e. The number of para-hydroxylation sites is 1. The molecule has 2 aromatic heterocycles. The number of fused-ring (bicyclic) bond motifs is 6. The lowest BCUT2D eigenvalue weighted by molar-refractivity contribution is 0.665. The minimum Gasteiger partial charge on any atom is -0.456 e. The normalized spacial score (nSPS) is 11.9. The predicted molar refractivity (Wildman–Crippen MR) is 120 cm³/mol. The highest BCUT2D eigenvalue weighted by molar-refractivity contribution is 6.06. The molecule has 6 aromatic rings. The van der Waals surface area contributed by atoms with Crippen LogP contribution in [0.15, 0.2) is 81.6 Å². The van der Waals surface area contributed by atoms with Crippen molar-refractivity contribution in [2.75, 3.05) is 0 Å². The average molecular weight is 376 g/mol. The van der Waals surface area contributed by atoms with Crippen molar-refractivity contribution in [1.29, 1.82) is 0 Å². The quantitative estimate of drug-likeness (QED) is 0.309. The summed E-state index contributed by atoms with van der Waals surface area (Å²) in [5.41, 5.74) is 8.82. The van der Waals surface area contributed by atoms with Crippen LogP contribution in [-0.2, 0) is 6.42 Å². The van der Waals surface area contributed by atoms with Crippen LogP contribution >= 0.6 is 0 Å². The predicted octanol–water partition coefficient (Wildman–Crippen LogP) is 7.69. The Morgan fingerprint density at radius 2 is 1.21 bits per heavy atom. The van der Waals surface area contributed by atoms with Crippen LogP contribution in [0.3, 0.4) is 0 Å². The second-order valence-electron chi connectivity index (χ2n) is 7.99. The fourth-order valence-electron chi connectivity index (χ4n) is 4.38. The summed E-state index contributed by atoms with van der Waals surface area (Å²) >= 11 is 0. The van der Waals surface area contributed by atoms with Gasteiger partial charge in [-0.3, -0.25) is 0 Å². The van der Waals surface area contributed by atoms with Crippen molar-refractivity contribution in [1.82, 2.24) is 0 Å². The van der Waals surface area contributed by atoms with E-state index in [0.29, 0.717) is 0 Å². The Labute approximate surface area is 168 Å². The maximum absolute atomic E-state index is 6.08. The van der Waals surface area contributed by atoms with Gasteiger partial charge in [-0.2, -0.15) is 0 Å². The van der Waals surface area contributed by atoms with Gasteiger partial charge < -0.3 is 8.83 Å². The van der Waals surface area contributed by atoms with E-state index >= 15 is 0 Å². The summed E-state index contributed by atoms with van der Waals surface area (Å²) in [6, 6.07) is 25.8. The summed E-state index contributed by atoms with van der Waals surface area (Å²) in [7, 11) is 0. The van der Waals surface area contributed by atoms with Crippen LogP contribution in [0.4, 0.5) is 0 Å². The molecule has 0 radical (unpaired) electrons. The molecule has 0 aliphatic rings. The van der Waals surface area contributed by atoms with Gasteiger partial charge in [0, 0.05) is 21.5 Å². The third kappa shape index (κ3) is 2.56. The molecule has 6 rings (SSSR count). The molecule has 0 bridgehead atoms. The van der Waals surface area contributed by atoms with Gasteiger partial charge in [-0.15, -0.1) is 0 Å². The first kappa shape index (κ1) is 16.4. The molecule has 2 heteroatoms. The molecule has 0 aliphatic carbocycles. The smallest absolute Gasteiger partial charge is 0.138 e. The summed E-state index contributed by atoms with van der Waals surface area (Å²) in [6.45, 7) is 4.21. The van der Waals surface area contributed by atoms with Gasteiger partial charge in [-0.25, -0.2) is 0 Å². The highest BCUT2D eigenvalue weighted by Gasteiger charge is 2.11. The van der Waals surface area contributed by atoms with Crippen LogP contribution in [0.5, 0.6) is 0 Å². The van der Waals surface area contributed by atoms with E-state index in [2.05, 4.69) is 86.6 Å². The van der Waals surface area contributed by atoms with Crippen molar-refractivity contribution in [3.63, 3.8) is 0 Å². The lowest BCUT2D eigenvalue weighted by Crippen LogP contribution is -1.87. The second-order valence-corrected chi connectivity index (χ2v) is 7.99. The van der Waals surface area contributed by atoms with Crippen LogP contribution in [-0.4, -0.2) is 0 Å². The molecular weight excluding hydrogens is 356 g/mol. The molecule has 0 atom stereocenters. The molecule has 0 fully saturated rings. The van der Waals surface area contributed by atoms with Crippen molar-refractivity contribution in [3.05, 3.63) is 95.1 Å². The van der Waals surface area contributed by atoms with Crippen LogP contribution < -0.4 is 0 Å². The van der Waals surface area contributed by atoms with Crippen LogP contribution in [0.25, 0.3) is 43.9 Å². The number of benzene rings is 4. The summed E-state index contributed by atoms with van der Waals surface area (Å²) in [5, 5.41) is 4.75. The summed E-state index contributed by atoms with van der Waals surface area (Å²) in [4.78, 5) is 0. The molecule has 0 saturated heterocycles. The van der Waals surface area contributed by atoms with E-state index in [-0.39, 0.29) is 0 Å².